The second-order valence-corrected chi connectivity index (χ2v) is 5.74. The number of nitrogens with zero attached hydrogens (tertiary/aromatic N) is 1. The molecular weight excluding hydrogens is 282 g/mol. The molecule has 1 aliphatic carbocycles. The van der Waals surface area contributed by atoms with Crippen LogP contribution < -0.4 is 9.64 Å². The maximum atomic E-state index is 12.4. The SMILES string of the molecule is CCOC(=O)C1C(=O)Oc2ccccc2N1C1CCCCC1. The van der Waals surface area contributed by atoms with E-state index in [0.29, 0.717) is 5.75 Å². The molecule has 0 spiro atoms. The van der Waals surface area contributed by atoms with Crippen molar-refractivity contribution in [1.29, 1.82) is 0 Å². The lowest BCUT2D eigenvalue weighted by molar-refractivity contribution is -0.153. The van der Waals surface area contributed by atoms with Gasteiger partial charge < -0.3 is 14.4 Å². The molecule has 5 heteroatoms. The molecule has 1 aromatic rings. The number of fused-ring (bicyclic) bond motifs is 1. The molecule has 22 heavy (non-hydrogen) atoms. The van der Waals surface area contributed by atoms with Crippen molar-refractivity contribution in [3.8, 4) is 5.75 Å². The van der Waals surface area contributed by atoms with Gasteiger partial charge in [0.1, 0.15) is 0 Å². The highest BCUT2D eigenvalue weighted by Gasteiger charge is 2.44. The zero-order chi connectivity index (χ0) is 15.5. The van der Waals surface area contributed by atoms with Crippen LogP contribution in [-0.4, -0.2) is 30.6 Å². The quantitative estimate of drug-likeness (QED) is 0.488. The van der Waals surface area contributed by atoms with E-state index in [2.05, 4.69) is 0 Å². The van der Waals surface area contributed by atoms with Crippen molar-refractivity contribution in [3.63, 3.8) is 0 Å². The number of hydrogen-bond donors (Lipinski definition) is 0. The zero-order valence-corrected chi connectivity index (χ0v) is 12.8. The number of hydrogen-bond acceptors (Lipinski definition) is 5. The van der Waals surface area contributed by atoms with Crippen LogP contribution in [0.2, 0.25) is 0 Å². The Kier molecular flexibility index (Phi) is 4.32. The minimum absolute atomic E-state index is 0.178. The number of anilines is 1. The molecule has 0 aromatic heterocycles. The molecule has 5 nitrogen and oxygen atoms in total. The summed E-state index contributed by atoms with van der Waals surface area (Å²) in [5.41, 5.74) is 0.812. The Morgan fingerprint density at radius 2 is 2.00 bits per heavy atom. The lowest BCUT2D eigenvalue weighted by atomic mass is 9.92. The number of benzene rings is 1. The molecule has 2 aliphatic rings. The van der Waals surface area contributed by atoms with Gasteiger partial charge in [0.25, 0.3) is 0 Å². The first-order chi connectivity index (χ1) is 10.7. The largest absolute Gasteiger partial charge is 0.464 e. The highest BCUT2D eigenvalue weighted by atomic mass is 16.6. The van der Waals surface area contributed by atoms with Gasteiger partial charge in [-0.3, -0.25) is 0 Å². The fourth-order valence-electron chi connectivity index (χ4n) is 3.37. The van der Waals surface area contributed by atoms with Crippen molar-refractivity contribution < 1.29 is 19.1 Å². The third-order valence-corrected chi connectivity index (χ3v) is 4.33. The van der Waals surface area contributed by atoms with Crippen molar-refractivity contribution in [2.45, 2.75) is 51.1 Å². The predicted octanol–water partition coefficient (Wildman–Crippen LogP) is 2.68. The van der Waals surface area contributed by atoms with Gasteiger partial charge in [0.15, 0.2) is 5.75 Å². The molecule has 0 radical (unpaired) electrons. The Bertz CT molecular complexity index is 566. The number of ether oxygens (including phenoxy) is 2. The van der Waals surface area contributed by atoms with Crippen molar-refractivity contribution in [2.75, 3.05) is 11.5 Å². The number of esters is 2. The van der Waals surface area contributed by atoms with Crippen LogP contribution in [0.5, 0.6) is 5.75 Å². The maximum absolute atomic E-state index is 12.4. The molecule has 118 valence electrons. The molecule has 1 fully saturated rings. The summed E-state index contributed by atoms with van der Waals surface area (Å²) in [7, 11) is 0. The number of carbonyl (C=O) groups is 2. The summed E-state index contributed by atoms with van der Waals surface area (Å²) >= 11 is 0. The normalized spacial score (nSPS) is 22.0. The topological polar surface area (TPSA) is 55.8 Å². The number of rotatable bonds is 3. The van der Waals surface area contributed by atoms with E-state index in [9.17, 15) is 9.59 Å². The van der Waals surface area contributed by atoms with Gasteiger partial charge in [0.2, 0.25) is 6.04 Å². The Morgan fingerprint density at radius 3 is 2.73 bits per heavy atom. The summed E-state index contributed by atoms with van der Waals surface area (Å²) in [5, 5.41) is 0. The Labute approximate surface area is 130 Å². The summed E-state index contributed by atoms with van der Waals surface area (Å²) in [6.07, 6.45) is 5.41. The van der Waals surface area contributed by atoms with Crippen LogP contribution in [-0.2, 0) is 14.3 Å². The van der Waals surface area contributed by atoms with E-state index in [1.807, 2.05) is 23.1 Å². The predicted molar refractivity (Wildman–Crippen MR) is 81.9 cm³/mol. The highest BCUT2D eigenvalue weighted by molar-refractivity contribution is 6.05. The van der Waals surface area contributed by atoms with Crippen LogP contribution in [0.4, 0.5) is 5.69 Å². The van der Waals surface area contributed by atoms with Crippen molar-refractivity contribution in [3.05, 3.63) is 24.3 Å². The summed E-state index contributed by atoms with van der Waals surface area (Å²) in [5.74, 6) is -0.533. The molecule has 1 unspecified atom stereocenters. The molecule has 3 rings (SSSR count). The fraction of sp³-hybridized carbons (Fsp3) is 0.529. The molecule has 1 atom stereocenters. The van der Waals surface area contributed by atoms with Crippen molar-refractivity contribution in [1.82, 2.24) is 0 Å². The maximum Gasteiger partial charge on any atom is 0.346 e. The Hall–Kier alpha value is -2.04. The minimum atomic E-state index is -0.988. The Balaban J connectivity index is 2.00. The number of carbonyl (C=O) groups excluding carboxylic acids is 2. The first-order valence-corrected chi connectivity index (χ1v) is 7.98. The lowest BCUT2D eigenvalue weighted by Gasteiger charge is -2.42. The van der Waals surface area contributed by atoms with Gasteiger partial charge in [-0.2, -0.15) is 0 Å². The van der Waals surface area contributed by atoms with Gasteiger partial charge in [-0.25, -0.2) is 9.59 Å². The van der Waals surface area contributed by atoms with E-state index in [1.165, 1.54) is 6.42 Å². The van der Waals surface area contributed by atoms with Crippen LogP contribution in [0.1, 0.15) is 39.0 Å². The first kappa shape index (κ1) is 14.9. The minimum Gasteiger partial charge on any atom is -0.464 e. The third kappa shape index (κ3) is 2.67. The van der Waals surface area contributed by atoms with Gasteiger partial charge in [-0.15, -0.1) is 0 Å². The van der Waals surface area contributed by atoms with Crippen molar-refractivity contribution in [2.24, 2.45) is 0 Å². The van der Waals surface area contributed by atoms with Gasteiger partial charge >= 0.3 is 11.9 Å². The van der Waals surface area contributed by atoms with Crippen LogP contribution in [0, 0.1) is 0 Å². The average molecular weight is 303 g/mol. The van der Waals surface area contributed by atoms with E-state index < -0.39 is 18.0 Å². The van der Waals surface area contributed by atoms with E-state index in [-0.39, 0.29) is 12.6 Å². The molecule has 0 bridgehead atoms. The highest BCUT2D eigenvalue weighted by Crippen LogP contribution is 2.39. The van der Waals surface area contributed by atoms with Crippen LogP contribution in [0.25, 0.3) is 0 Å². The van der Waals surface area contributed by atoms with E-state index in [4.69, 9.17) is 9.47 Å². The molecule has 0 saturated heterocycles. The van der Waals surface area contributed by atoms with Crippen LogP contribution >= 0.6 is 0 Å². The van der Waals surface area contributed by atoms with Crippen molar-refractivity contribution >= 4 is 17.6 Å². The molecule has 0 amide bonds. The van der Waals surface area contributed by atoms with E-state index in [1.54, 1.807) is 13.0 Å². The molecule has 0 N–H and O–H groups in total. The Morgan fingerprint density at radius 1 is 1.27 bits per heavy atom. The summed E-state index contributed by atoms with van der Waals surface area (Å²) in [6.45, 7) is 1.99. The van der Waals surface area contributed by atoms with E-state index in [0.717, 1.165) is 31.4 Å². The third-order valence-electron chi connectivity index (χ3n) is 4.33. The van der Waals surface area contributed by atoms with Gasteiger partial charge in [0, 0.05) is 6.04 Å². The number of para-hydroxylation sites is 2. The lowest BCUT2D eigenvalue weighted by Crippen LogP contribution is -2.56. The van der Waals surface area contributed by atoms with Gasteiger partial charge in [-0.1, -0.05) is 31.4 Å². The molecule has 1 heterocycles. The van der Waals surface area contributed by atoms with Crippen LogP contribution in [0.3, 0.4) is 0 Å². The van der Waals surface area contributed by atoms with Gasteiger partial charge in [0.05, 0.1) is 12.3 Å². The fourth-order valence-corrected chi connectivity index (χ4v) is 3.37. The second-order valence-electron chi connectivity index (χ2n) is 5.74. The van der Waals surface area contributed by atoms with Gasteiger partial charge in [-0.05, 0) is 31.9 Å². The zero-order valence-electron chi connectivity index (χ0n) is 12.8. The summed E-state index contributed by atoms with van der Waals surface area (Å²) in [4.78, 5) is 26.6. The molecular formula is C17H21NO4. The van der Waals surface area contributed by atoms with Crippen LogP contribution in [0.15, 0.2) is 24.3 Å². The molecule has 1 aromatic carbocycles. The first-order valence-electron chi connectivity index (χ1n) is 7.98. The molecule has 1 aliphatic heterocycles. The second kappa shape index (κ2) is 6.38. The monoisotopic (exact) mass is 303 g/mol. The summed E-state index contributed by atoms with van der Waals surface area (Å²) < 4.78 is 10.5. The standard InChI is InChI=1S/C17H21NO4/c1-2-21-16(19)15-17(20)22-14-11-7-6-10-13(14)18(15)12-8-4-3-5-9-12/h6-7,10-12,15H,2-5,8-9H2,1H3. The smallest absolute Gasteiger partial charge is 0.346 e. The average Bonchev–Trinajstić information content (AvgIpc) is 2.54. The van der Waals surface area contributed by atoms with E-state index >= 15 is 0 Å². The summed E-state index contributed by atoms with van der Waals surface area (Å²) in [6, 6.07) is 6.59. The molecule has 1 saturated carbocycles.